The topological polar surface area (TPSA) is 41.6 Å². The maximum atomic E-state index is 12.9. The molecule has 1 rings (SSSR count). The van der Waals surface area contributed by atoms with Crippen molar-refractivity contribution in [3.63, 3.8) is 0 Å². The van der Waals surface area contributed by atoms with Gasteiger partial charge >= 0.3 is 0 Å². The number of anilines is 1. The number of benzene rings is 1. The molecule has 3 nitrogen and oxygen atoms in total. The molecule has 0 saturated carbocycles. The SMILES string of the molecule is CCCN=C(N)N(C)c1cccc(F)c1. The average molecular weight is 209 g/mol. The Morgan fingerprint density at radius 1 is 1.53 bits per heavy atom. The highest BCUT2D eigenvalue weighted by Gasteiger charge is 2.04. The Labute approximate surface area is 89.4 Å². The van der Waals surface area contributed by atoms with Gasteiger partial charge in [-0.3, -0.25) is 4.99 Å². The van der Waals surface area contributed by atoms with Crippen LogP contribution in [0.4, 0.5) is 10.1 Å². The van der Waals surface area contributed by atoms with Crippen molar-refractivity contribution in [3.8, 4) is 0 Å². The number of hydrogen-bond donors (Lipinski definition) is 1. The summed E-state index contributed by atoms with van der Waals surface area (Å²) >= 11 is 0. The summed E-state index contributed by atoms with van der Waals surface area (Å²) in [4.78, 5) is 5.81. The van der Waals surface area contributed by atoms with E-state index in [0.717, 1.165) is 6.42 Å². The lowest BCUT2D eigenvalue weighted by molar-refractivity contribution is 0.628. The Hall–Kier alpha value is -1.58. The summed E-state index contributed by atoms with van der Waals surface area (Å²) in [5.74, 6) is 0.130. The van der Waals surface area contributed by atoms with E-state index in [0.29, 0.717) is 18.2 Å². The highest BCUT2D eigenvalue weighted by Crippen LogP contribution is 2.13. The van der Waals surface area contributed by atoms with Crippen molar-refractivity contribution in [2.24, 2.45) is 10.7 Å². The zero-order chi connectivity index (χ0) is 11.3. The molecule has 0 atom stereocenters. The van der Waals surface area contributed by atoms with Crippen molar-refractivity contribution >= 4 is 11.6 Å². The minimum absolute atomic E-state index is 0.275. The van der Waals surface area contributed by atoms with Gasteiger partial charge in [-0.2, -0.15) is 0 Å². The van der Waals surface area contributed by atoms with Gasteiger partial charge in [-0.15, -0.1) is 0 Å². The smallest absolute Gasteiger partial charge is 0.195 e. The Morgan fingerprint density at radius 2 is 2.27 bits per heavy atom. The predicted molar refractivity (Wildman–Crippen MR) is 61.6 cm³/mol. The molecule has 0 saturated heterocycles. The third-order valence-corrected chi connectivity index (χ3v) is 2.04. The van der Waals surface area contributed by atoms with Crippen molar-refractivity contribution < 1.29 is 4.39 Å². The van der Waals surface area contributed by atoms with Gasteiger partial charge in [0.05, 0.1) is 0 Å². The Kier molecular flexibility index (Phi) is 4.09. The van der Waals surface area contributed by atoms with E-state index in [9.17, 15) is 4.39 Å². The van der Waals surface area contributed by atoms with Crippen LogP contribution in [0, 0.1) is 5.82 Å². The third kappa shape index (κ3) is 3.23. The molecular weight excluding hydrogens is 193 g/mol. The molecule has 2 N–H and O–H groups in total. The standard InChI is InChI=1S/C11H16FN3/c1-3-7-14-11(13)15(2)10-6-4-5-9(12)8-10/h4-6,8H,3,7H2,1-2H3,(H2,13,14). The van der Waals surface area contributed by atoms with Crippen molar-refractivity contribution in [1.82, 2.24) is 0 Å². The average Bonchev–Trinajstić information content (AvgIpc) is 2.24. The molecule has 1 aromatic rings. The lowest BCUT2D eigenvalue weighted by Gasteiger charge is -2.17. The highest BCUT2D eigenvalue weighted by molar-refractivity contribution is 5.94. The summed E-state index contributed by atoms with van der Waals surface area (Å²) in [6.07, 6.45) is 0.942. The van der Waals surface area contributed by atoms with Crippen molar-refractivity contribution in [2.75, 3.05) is 18.5 Å². The van der Waals surface area contributed by atoms with Crippen molar-refractivity contribution in [3.05, 3.63) is 30.1 Å². The molecule has 0 amide bonds. The molecule has 0 spiro atoms. The van der Waals surface area contributed by atoms with Gasteiger partial charge in [0.2, 0.25) is 0 Å². The maximum Gasteiger partial charge on any atom is 0.195 e. The lowest BCUT2D eigenvalue weighted by atomic mass is 10.3. The van der Waals surface area contributed by atoms with Crippen LogP contribution in [0.25, 0.3) is 0 Å². The van der Waals surface area contributed by atoms with E-state index in [4.69, 9.17) is 5.73 Å². The van der Waals surface area contributed by atoms with Crippen LogP contribution in [-0.4, -0.2) is 19.6 Å². The molecule has 0 aliphatic carbocycles. The van der Waals surface area contributed by atoms with Crippen LogP contribution < -0.4 is 10.6 Å². The summed E-state index contributed by atoms with van der Waals surface area (Å²) in [6, 6.07) is 6.26. The van der Waals surface area contributed by atoms with E-state index >= 15 is 0 Å². The lowest BCUT2D eigenvalue weighted by Crippen LogP contribution is -2.34. The number of aliphatic imine (C=N–C) groups is 1. The zero-order valence-electron chi connectivity index (χ0n) is 9.07. The molecule has 0 unspecified atom stereocenters. The van der Waals surface area contributed by atoms with Crippen molar-refractivity contribution in [2.45, 2.75) is 13.3 Å². The van der Waals surface area contributed by atoms with Gasteiger partial charge in [-0.05, 0) is 24.6 Å². The van der Waals surface area contributed by atoms with Crippen LogP contribution in [-0.2, 0) is 0 Å². The molecule has 15 heavy (non-hydrogen) atoms. The Morgan fingerprint density at radius 3 is 2.87 bits per heavy atom. The number of guanidine groups is 1. The Bertz CT molecular complexity index is 349. The van der Waals surface area contributed by atoms with E-state index in [1.165, 1.54) is 12.1 Å². The van der Waals surface area contributed by atoms with Crippen molar-refractivity contribution in [1.29, 1.82) is 0 Å². The predicted octanol–water partition coefficient (Wildman–Crippen LogP) is 1.99. The second-order valence-corrected chi connectivity index (χ2v) is 3.28. The number of nitrogens with zero attached hydrogens (tertiary/aromatic N) is 2. The fourth-order valence-electron chi connectivity index (χ4n) is 1.15. The number of nitrogens with two attached hydrogens (primary N) is 1. The van der Waals surface area contributed by atoms with Gasteiger partial charge in [0.15, 0.2) is 5.96 Å². The van der Waals surface area contributed by atoms with Gasteiger partial charge in [0.25, 0.3) is 0 Å². The second kappa shape index (κ2) is 5.34. The maximum absolute atomic E-state index is 12.9. The summed E-state index contributed by atoms with van der Waals surface area (Å²) in [5, 5.41) is 0. The molecule has 4 heteroatoms. The minimum atomic E-state index is -0.275. The quantitative estimate of drug-likeness (QED) is 0.611. The molecule has 0 aromatic heterocycles. The number of halogens is 1. The fourth-order valence-corrected chi connectivity index (χ4v) is 1.15. The molecule has 0 bridgehead atoms. The van der Waals surface area contributed by atoms with Crippen LogP contribution in [0.3, 0.4) is 0 Å². The van der Waals surface area contributed by atoms with E-state index in [1.54, 1.807) is 24.1 Å². The van der Waals surface area contributed by atoms with Crippen LogP contribution in [0.15, 0.2) is 29.3 Å². The molecule has 82 valence electrons. The van der Waals surface area contributed by atoms with E-state index in [1.807, 2.05) is 6.92 Å². The monoisotopic (exact) mass is 209 g/mol. The van der Waals surface area contributed by atoms with E-state index in [-0.39, 0.29) is 5.82 Å². The van der Waals surface area contributed by atoms with Gasteiger partial charge in [0, 0.05) is 19.3 Å². The minimum Gasteiger partial charge on any atom is -0.370 e. The van der Waals surface area contributed by atoms with Crippen LogP contribution in [0.5, 0.6) is 0 Å². The van der Waals surface area contributed by atoms with Gasteiger partial charge in [0.1, 0.15) is 5.82 Å². The molecule has 0 aliphatic rings. The van der Waals surface area contributed by atoms with E-state index in [2.05, 4.69) is 4.99 Å². The fraction of sp³-hybridized carbons (Fsp3) is 0.364. The first-order chi connectivity index (χ1) is 7.15. The van der Waals surface area contributed by atoms with Gasteiger partial charge in [-0.1, -0.05) is 13.0 Å². The summed E-state index contributed by atoms with van der Waals surface area (Å²) in [7, 11) is 1.77. The van der Waals surface area contributed by atoms with Gasteiger partial charge < -0.3 is 10.6 Å². The first-order valence-corrected chi connectivity index (χ1v) is 4.94. The highest BCUT2D eigenvalue weighted by atomic mass is 19.1. The molecular formula is C11H16FN3. The molecule has 0 fully saturated rings. The van der Waals surface area contributed by atoms with Crippen LogP contribution >= 0.6 is 0 Å². The third-order valence-electron chi connectivity index (χ3n) is 2.04. The second-order valence-electron chi connectivity index (χ2n) is 3.28. The molecule has 0 radical (unpaired) electrons. The first kappa shape index (κ1) is 11.5. The summed E-state index contributed by atoms with van der Waals surface area (Å²) in [5.41, 5.74) is 6.44. The number of rotatable bonds is 3. The van der Waals surface area contributed by atoms with Gasteiger partial charge in [-0.25, -0.2) is 4.39 Å². The number of hydrogen-bond acceptors (Lipinski definition) is 1. The molecule has 1 aromatic carbocycles. The molecule has 0 heterocycles. The summed E-state index contributed by atoms with van der Waals surface area (Å²) < 4.78 is 12.9. The summed E-state index contributed by atoms with van der Waals surface area (Å²) in [6.45, 7) is 2.71. The molecule has 0 aliphatic heterocycles. The van der Waals surface area contributed by atoms with E-state index < -0.39 is 0 Å². The normalized spacial score (nSPS) is 11.5. The Balaban J connectivity index is 2.80. The zero-order valence-corrected chi connectivity index (χ0v) is 9.07. The van der Waals surface area contributed by atoms with Crippen LogP contribution in [0.1, 0.15) is 13.3 Å². The largest absolute Gasteiger partial charge is 0.370 e. The van der Waals surface area contributed by atoms with Crippen LogP contribution in [0.2, 0.25) is 0 Å². The first-order valence-electron chi connectivity index (χ1n) is 4.94.